The molecule has 67 heavy (non-hydrogen) atoms. The maximum absolute atomic E-state index is 12.8. The van der Waals surface area contributed by atoms with Crippen molar-refractivity contribution >= 4 is 13.8 Å². The van der Waals surface area contributed by atoms with Crippen molar-refractivity contribution < 1.29 is 37.3 Å². The van der Waals surface area contributed by atoms with Crippen LogP contribution in [0.5, 0.6) is 0 Å². The van der Waals surface area contributed by atoms with Gasteiger partial charge in [-0.05, 0) is 12.8 Å². The van der Waals surface area contributed by atoms with Gasteiger partial charge in [-0.3, -0.25) is 13.8 Å². The molecule has 0 radical (unpaired) electrons. The minimum absolute atomic E-state index is 0.0945. The van der Waals surface area contributed by atoms with Gasteiger partial charge < -0.3 is 18.9 Å². The number of phosphoric ester groups is 1. The summed E-state index contributed by atoms with van der Waals surface area (Å²) in [6.07, 6.45) is 60.3. The van der Waals surface area contributed by atoms with E-state index in [2.05, 4.69) is 13.8 Å². The number of unbranched alkanes of at least 4 members (excludes halogenated alkanes) is 43. The smallest absolute Gasteiger partial charge is 0.457 e. The molecule has 0 saturated carbocycles. The van der Waals surface area contributed by atoms with Gasteiger partial charge in [0.05, 0.1) is 34.4 Å². The Morgan fingerprint density at radius 3 is 0.985 bits per heavy atom. The number of ether oxygens (including phenoxy) is 2. The number of hydrogen-bond acceptors (Lipinski definition) is 6. The fraction of sp³-hybridized carbons (Fsp3) is 0.983. The van der Waals surface area contributed by atoms with Gasteiger partial charge in [-0.1, -0.05) is 290 Å². The Morgan fingerprint density at radius 2 is 0.687 bits per heavy atom. The van der Waals surface area contributed by atoms with Crippen LogP contribution < -0.4 is 0 Å². The number of phosphoric acid groups is 1. The molecule has 0 saturated heterocycles. The third-order valence-electron chi connectivity index (χ3n) is 13.7. The molecule has 2 atom stereocenters. The van der Waals surface area contributed by atoms with E-state index in [1.54, 1.807) is 0 Å². The van der Waals surface area contributed by atoms with E-state index in [0.717, 1.165) is 32.1 Å². The molecule has 0 amide bonds. The summed E-state index contributed by atoms with van der Waals surface area (Å²) in [5, 5.41) is 0. The molecule has 0 aliphatic carbocycles. The van der Waals surface area contributed by atoms with Gasteiger partial charge in [0, 0.05) is 13.0 Å². The predicted octanol–water partition coefficient (Wildman–Crippen LogP) is 18.7. The van der Waals surface area contributed by atoms with Gasteiger partial charge in [0.15, 0.2) is 0 Å². The fourth-order valence-electron chi connectivity index (χ4n) is 9.09. The van der Waals surface area contributed by atoms with Gasteiger partial charge in [0.2, 0.25) is 0 Å². The summed E-state index contributed by atoms with van der Waals surface area (Å²) in [5.41, 5.74) is 0. The Kier molecular flexibility index (Phi) is 51.5. The second-order valence-electron chi connectivity index (χ2n) is 21.8. The van der Waals surface area contributed by atoms with Crippen molar-refractivity contribution in [2.45, 2.75) is 315 Å². The zero-order chi connectivity index (χ0) is 49.0. The predicted molar refractivity (Wildman–Crippen MR) is 289 cm³/mol. The van der Waals surface area contributed by atoms with E-state index < -0.39 is 13.9 Å². The molecular formula is C58H119NO7P+. The standard InChI is InChI=1S/C58H118NO7P/c1-6-8-10-12-14-16-18-20-22-24-26-28-29-30-31-33-35-37-39-41-43-45-47-49-51-58(60)66-57(56-65-67(61,62)64-54-52-59(3,4)5)55-63-53-50-48-46-44-42-40-38-36-34-32-27-25-23-21-19-17-15-13-11-9-7-2/h57H,6-56H2,1-5H3/p+1. The minimum Gasteiger partial charge on any atom is -0.457 e. The van der Waals surface area contributed by atoms with Crippen molar-refractivity contribution in [3.05, 3.63) is 0 Å². The van der Waals surface area contributed by atoms with Gasteiger partial charge in [-0.25, -0.2) is 4.57 Å². The highest BCUT2D eigenvalue weighted by Crippen LogP contribution is 2.43. The molecule has 402 valence electrons. The van der Waals surface area contributed by atoms with Crippen LogP contribution >= 0.6 is 7.82 Å². The second-order valence-corrected chi connectivity index (χ2v) is 23.2. The maximum atomic E-state index is 12.8. The number of likely N-dealkylation sites (N-methyl/N-ethyl adjacent to an activating group) is 1. The molecule has 0 aliphatic rings. The van der Waals surface area contributed by atoms with Crippen LogP contribution in [-0.4, -0.2) is 75.6 Å². The van der Waals surface area contributed by atoms with Crippen LogP contribution in [0.4, 0.5) is 0 Å². The van der Waals surface area contributed by atoms with Crippen molar-refractivity contribution in [3.63, 3.8) is 0 Å². The summed E-state index contributed by atoms with van der Waals surface area (Å²) in [7, 11) is 1.69. The van der Waals surface area contributed by atoms with E-state index in [1.165, 1.54) is 257 Å². The molecular weight excluding hydrogens is 854 g/mol. The maximum Gasteiger partial charge on any atom is 0.472 e. The van der Waals surface area contributed by atoms with Crippen LogP contribution in [0, 0.1) is 0 Å². The van der Waals surface area contributed by atoms with Crippen molar-refractivity contribution in [3.8, 4) is 0 Å². The second kappa shape index (κ2) is 51.8. The zero-order valence-electron chi connectivity index (χ0n) is 45.9. The summed E-state index contributed by atoms with van der Waals surface area (Å²) in [6, 6.07) is 0. The van der Waals surface area contributed by atoms with E-state index in [1.807, 2.05) is 21.1 Å². The Hall–Kier alpha value is -0.500. The van der Waals surface area contributed by atoms with Gasteiger partial charge in [-0.2, -0.15) is 0 Å². The first-order valence-electron chi connectivity index (χ1n) is 29.8. The molecule has 0 aromatic carbocycles. The van der Waals surface area contributed by atoms with E-state index in [-0.39, 0.29) is 25.8 Å². The number of quaternary nitrogens is 1. The Morgan fingerprint density at radius 1 is 0.403 bits per heavy atom. The number of esters is 1. The number of rotatable bonds is 57. The average Bonchev–Trinajstić information content (AvgIpc) is 3.29. The molecule has 1 N–H and O–H groups in total. The van der Waals surface area contributed by atoms with Gasteiger partial charge in [0.25, 0.3) is 0 Å². The van der Waals surface area contributed by atoms with Crippen LogP contribution in [0.3, 0.4) is 0 Å². The minimum atomic E-state index is -4.28. The van der Waals surface area contributed by atoms with Gasteiger partial charge in [0.1, 0.15) is 19.3 Å². The highest BCUT2D eigenvalue weighted by atomic mass is 31.2. The van der Waals surface area contributed by atoms with Crippen molar-refractivity contribution in [1.82, 2.24) is 0 Å². The first kappa shape index (κ1) is 66.5. The lowest BCUT2D eigenvalue weighted by Crippen LogP contribution is -2.37. The summed E-state index contributed by atoms with van der Waals surface area (Å²) < 4.78 is 35.3. The SMILES string of the molecule is CCCCCCCCCCCCCCCCCCCCCCCCCCC(=O)OC(COCCCCCCCCCCCCCCCCCCCCCCC)COP(=O)(O)OCC[N+](C)(C)C. The molecule has 2 unspecified atom stereocenters. The average molecular weight is 974 g/mol. The van der Waals surface area contributed by atoms with Crippen molar-refractivity contribution in [2.24, 2.45) is 0 Å². The number of nitrogens with zero attached hydrogens (tertiary/aromatic N) is 1. The van der Waals surface area contributed by atoms with Crippen LogP contribution in [0.1, 0.15) is 309 Å². The van der Waals surface area contributed by atoms with Crippen LogP contribution in [0.25, 0.3) is 0 Å². The summed E-state index contributed by atoms with van der Waals surface area (Å²) >= 11 is 0. The zero-order valence-corrected chi connectivity index (χ0v) is 46.8. The Labute approximate surface area is 418 Å². The lowest BCUT2D eigenvalue weighted by molar-refractivity contribution is -0.870. The number of carbonyl (C=O) groups is 1. The largest absolute Gasteiger partial charge is 0.472 e. The first-order valence-corrected chi connectivity index (χ1v) is 31.3. The van der Waals surface area contributed by atoms with E-state index in [9.17, 15) is 14.3 Å². The Balaban J connectivity index is 3.99. The van der Waals surface area contributed by atoms with Crippen LogP contribution in [-0.2, 0) is 27.9 Å². The quantitative estimate of drug-likeness (QED) is 0.0281. The third-order valence-corrected chi connectivity index (χ3v) is 14.7. The normalized spacial score (nSPS) is 13.3. The van der Waals surface area contributed by atoms with E-state index in [0.29, 0.717) is 24.1 Å². The summed E-state index contributed by atoms with van der Waals surface area (Å²) in [4.78, 5) is 23.1. The molecule has 0 bridgehead atoms. The van der Waals surface area contributed by atoms with Crippen molar-refractivity contribution in [2.75, 3.05) is 54.1 Å². The third kappa shape index (κ3) is 56.3. The molecule has 0 rings (SSSR count). The first-order chi connectivity index (χ1) is 32.6. The molecule has 9 heteroatoms. The van der Waals surface area contributed by atoms with Crippen LogP contribution in [0.2, 0.25) is 0 Å². The molecule has 0 heterocycles. The topological polar surface area (TPSA) is 91.3 Å². The molecule has 0 aliphatic heterocycles. The van der Waals surface area contributed by atoms with E-state index in [4.69, 9.17) is 18.5 Å². The van der Waals surface area contributed by atoms with Crippen LogP contribution in [0.15, 0.2) is 0 Å². The molecule has 0 fully saturated rings. The highest BCUT2D eigenvalue weighted by molar-refractivity contribution is 7.47. The molecule has 0 aromatic heterocycles. The highest BCUT2D eigenvalue weighted by Gasteiger charge is 2.26. The molecule has 0 aromatic rings. The lowest BCUT2D eigenvalue weighted by Gasteiger charge is -2.24. The summed E-state index contributed by atoms with van der Waals surface area (Å²) in [6.45, 7) is 5.72. The number of carbonyl (C=O) groups excluding carboxylic acids is 1. The lowest BCUT2D eigenvalue weighted by atomic mass is 10.0. The Bertz CT molecular complexity index is 1040. The molecule has 0 spiro atoms. The van der Waals surface area contributed by atoms with Gasteiger partial charge in [-0.15, -0.1) is 0 Å². The number of hydrogen-bond donors (Lipinski definition) is 1. The van der Waals surface area contributed by atoms with Gasteiger partial charge >= 0.3 is 13.8 Å². The van der Waals surface area contributed by atoms with E-state index >= 15 is 0 Å². The fourth-order valence-corrected chi connectivity index (χ4v) is 9.83. The monoisotopic (exact) mass is 973 g/mol. The summed E-state index contributed by atoms with van der Waals surface area (Å²) in [5.74, 6) is -0.302. The molecule has 8 nitrogen and oxygen atoms in total. The van der Waals surface area contributed by atoms with Crippen molar-refractivity contribution in [1.29, 1.82) is 0 Å².